The first-order chi connectivity index (χ1) is 6.16. The molecule has 0 aromatic heterocycles. The molecule has 3 nitrogen and oxygen atoms in total. The Morgan fingerprint density at radius 3 is 2.23 bits per heavy atom. The molecule has 1 amide bonds. The van der Waals surface area contributed by atoms with Gasteiger partial charge in [-0.3, -0.25) is 9.59 Å². The van der Waals surface area contributed by atoms with E-state index >= 15 is 0 Å². The Hall–Kier alpha value is -1.35. The lowest BCUT2D eigenvalue weighted by molar-refractivity contribution is 0.0955. The average Bonchev–Trinajstić information content (AvgIpc) is 2.16. The Balaban J connectivity index is 3.19. The number of rotatable bonds is 2. The normalized spacial score (nSPS) is 9.38. The molecule has 0 aliphatic heterocycles. The zero-order valence-electron chi connectivity index (χ0n) is 7.00. The summed E-state index contributed by atoms with van der Waals surface area (Å²) in [5.41, 5.74) is 0.522. The summed E-state index contributed by atoms with van der Waals surface area (Å²) >= 11 is 5.29. The van der Waals surface area contributed by atoms with Crippen molar-refractivity contribution in [1.82, 2.24) is 5.32 Å². The second-order valence-corrected chi connectivity index (χ2v) is 2.74. The van der Waals surface area contributed by atoms with E-state index < -0.39 is 5.24 Å². The van der Waals surface area contributed by atoms with E-state index in [1.54, 1.807) is 18.2 Å². The molecule has 0 saturated heterocycles. The van der Waals surface area contributed by atoms with Gasteiger partial charge < -0.3 is 5.32 Å². The van der Waals surface area contributed by atoms with Crippen LogP contribution in [0, 0.1) is 0 Å². The Morgan fingerprint density at radius 1 is 1.23 bits per heavy atom. The van der Waals surface area contributed by atoms with Crippen molar-refractivity contribution in [2.24, 2.45) is 0 Å². The highest BCUT2D eigenvalue weighted by Gasteiger charge is 2.12. The Morgan fingerprint density at radius 2 is 1.77 bits per heavy atom. The molecule has 0 heterocycles. The van der Waals surface area contributed by atoms with Crippen molar-refractivity contribution < 1.29 is 9.59 Å². The largest absolute Gasteiger partial charge is 0.355 e. The van der Waals surface area contributed by atoms with Gasteiger partial charge in [0, 0.05) is 12.6 Å². The molecule has 68 valence electrons. The minimum Gasteiger partial charge on any atom is -0.355 e. The molecule has 0 radical (unpaired) electrons. The third-order valence-corrected chi connectivity index (χ3v) is 1.81. The summed E-state index contributed by atoms with van der Waals surface area (Å²) in [5.74, 6) is -0.315. The van der Waals surface area contributed by atoms with Gasteiger partial charge in [-0.1, -0.05) is 12.1 Å². The van der Waals surface area contributed by atoms with Gasteiger partial charge in [0.05, 0.1) is 5.56 Å². The van der Waals surface area contributed by atoms with Gasteiger partial charge in [0.25, 0.3) is 11.1 Å². The average molecular weight is 198 g/mol. The molecule has 0 fully saturated rings. The summed E-state index contributed by atoms with van der Waals surface area (Å²) in [6, 6.07) is 6.39. The van der Waals surface area contributed by atoms with E-state index in [0.29, 0.717) is 5.56 Å². The van der Waals surface area contributed by atoms with Crippen LogP contribution in [0.3, 0.4) is 0 Å². The predicted octanol–water partition coefficient (Wildman–Crippen LogP) is 1.43. The van der Waals surface area contributed by atoms with Crippen molar-refractivity contribution in [1.29, 1.82) is 0 Å². The van der Waals surface area contributed by atoms with Gasteiger partial charge in [0.15, 0.2) is 0 Å². The summed E-state index contributed by atoms with van der Waals surface area (Å²) in [4.78, 5) is 22.1. The topological polar surface area (TPSA) is 46.2 Å². The van der Waals surface area contributed by atoms with Gasteiger partial charge in [-0.25, -0.2) is 0 Å². The number of hydrogen-bond acceptors (Lipinski definition) is 2. The zero-order chi connectivity index (χ0) is 9.84. The lowest BCUT2D eigenvalue weighted by atomic mass is 10.1. The van der Waals surface area contributed by atoms with Crippen LogP contribution in [-0.2, 0) is 0 Å². The van der Waals surface area contributed by atoms with E-state index in [0.717, 1.165) is 0 Å². The second kappa shape index (κ2) is 4.05. The number of amides is 1. The number of benzene rings is 1. The molecule has 13 heavy (non-hydrogen) atoms. The molecule has 0 unspecified atom stereocenters. The third kappa shape index (κ3) is 2.06. The summed E-state index contributed by atoms with van der Waals surface area (Å²) in [6.07, 6.45) is 0. The molecule has 1 aromatic carbocycles. The molecule has 0 aliphatic rings. The number of hydrogen-bond donors (Lipinski definition) is 1. The SMILES string of the molecule is CNC(=O)c1ccccc1C(=O)Cl. The number of nitrogens with one attached hydrogen (secondary N) is 1. The summed E-state index contributed by atoms with van der Waals surface area (Å²) in [6.45, 7) is 0. The van der Waals surface area contributed by atoms with E-state index in [9.17, 15) is 9.59 Å². The number of halogens is 1. The van der Waals surface area contributed by atoms with Crippen LogP contribution < -0.4 is 5.32 Å². The molecule has 0 saturated carbocycles. The third-order valence-electron chi connectivity index (χ3n) is 1.61. The summed E-state index contributed by atoms with van der Waals surface area (Å²) in [5, 5.41) is 1.80. The van der Waals surface area contributed by atoms with Crippen LogP contribution in [-0.4, -0.2) is 18.2 Å². The van der Waals surface area contributed by atoms with E-state index in [4.69, 9.17) is 11.6 Å². The molecule has 4 heteroatoms. The molecular weight excluding hydrogens is 190 g/mol. The molecular formula is C9H8ClNO2. The maximum atomic E-state index is 11.2. The van der Waals surface area contributed by atoms with Crippen LogP contribution in [0.2, 0.25) is 0 Å². The van der Waals surface area contributed by atoms with Crippen molar-refractivity contribution in [2.45, 2.75) is 0 Å². The maximum absolute atomic E-state index is 11.2. The lowest BCUT2D eigenvalue weighted by Gasteiger charge is -2.02. The van der Waals surface area contributed by atoms with E-state index in [1.807, 2.05) is 0 Å². The van der Waals surface area contributed by atoms with Crippen LogP contribution in [0.4, 0.5) is 0 Å². The van der Waals surface area contributed by atoms with Crippen LogP contribution in [0.15, 0.2) is 24.3 Å². The lowest BCUT2D eigenvalue weighted by Crippen LogP contribution is -2.20. The van der Waals surface area contributed by atoms with E-state index in [1.165, 1.54) is 13.1 Å². The van der Waals surface area contributed by atoms with Gasteiger partial charge in [-0.05, 0) is 23.7 Å². The monoisotopic (exact) mass is 197 g/mol. The first-order valence-electron chi connectivity index (χ1n) is 3.67. The van der Waals surface area contributed by atoms with Crippen LogP contribution in [0.5, 0.6) is 0 Å². The number of carbonyl (C=O) groups excluding carboxylic acids is 2. The van der Waals surface area contributed by atoms with Gasteiger partial charge in [-0.2, -0.15) is 0 Å². The van der Waals surface area contributed by atoms with E-state index in [2.05, 4.69) is 5.32 Å². The minimum absolute atomic E-state index is 0.225. The molecule has 0 bridgehead atoms. The van der Waals surface area contributed by atoms with Crippen molar-refractivity contribution in [3.05, 3.63) is 35.4 Å². The molecule has 1 aromatic rings. The fraction of sp³-hybridized carbons (Fsp3) is 0.111. The van der Waals surface area contributed by atoms with Gasteiger partial charge in [0.1, 0.15) is 0 Å². The van der Waals surface area contributed by atoms with Crippen molar-refractivity contribution in [3.8, 4) is 0 Å². The van der Waals surface area contributed by atoms with Crippen LogP contribution in [0.1, 0.15) is 20.7 Å². The molecule has 0 aliphatic carbocycles. The summed E-state index contributed by atoms with van der Waals surface area (Å²) < 4.78 is 0. The van der Waals surface area contributed by atoms with Crippen molar-refractivity contribution in [3.63, 3.8) is 0 Å². The second-order valence-electron chi connectivity index (χ2n) is 2.40. The maximum Gasteiger partial charge on any atom is 0.253 e. The van der Waals surface area contributed by atoms with Gasteiger partial charge >= 0.3 is 0 Å². The molecule has 1 rings (SSSR count). The first kappa shape index (κ1) is 9.74. The quantitative estimate of drug-likeness (QED) is 0.729. The van der Waals surface area contributed by atoms with Crippen molar-refractivity contribution in [2.75, 3.05) is 7.05 Å². The molecule has 1 N–H and O–H groups in total. The molecule has 0 atom stereocenters. The smallest absolute Gasteiger partial charge is 0.253 e. The van der Waals surface area contributed by atoms with Gasteiger partial charge in [-0.15, -0.1) is 0 Å². The highest BCUT2D eigenvalue weighted by atomic mass is 35.5. The van der Waals surface area contributed by atoms with E-state index in [-0.39, 0.29) is 11.5 Å². The zero-order valence-corrected chi connectivity index (χ0v) is 7.76. The summed E-state index contributed by atoms with van der Waals surface area (Å²) in [7, 11) is 1.50. The first-order valence-corrected chi connectivity index (χ1v) is 4.05. The Kier molecular flexibility index (Phi) is 3.03. The minimum atomic E-state index is -0.626. The van der Waals surface area contributed by atoms with Crippen LogP contribution in [0.25, 0.3) is 0 Å². The predicted molar refractivity (Wildman–Crippen MR) is 50.0 cm³/mol. The Bertz CT molecular complexity index is 349. The highest BCUT2D eigenvalue weighted by molar-refractivity contribution is 6.68. The fourth-order valence-electron chi connectivity index (χ4n) is 0.987. The fourth-order valence-corrected chi connectivity index (χ4v) is 1.15. The Labute approximate surface area is 80.7 Å². The highest BCUT2D eigenvalue weighted by Crippen LogP contribution is 2.10. The molecule has 0 spiro atoms. The van der Waals surface area contributed by atoms with Crippen molar-refractivity contribution >= 4 is 22.8 Å². The van der Waals surface area contributed by atoms with Gasteiger partial charge in [0.2, 0.25) is 0 Å². The standard InChI is InChI=1S/C9H8ClNO2/c1-11-9(13)7-5-3-2-4-6(7)8(10)12/h2-5H,1H3,(H,11,13). The number of carbonyl (C=O) groups is 2. The van der Waals surface area contributed by atoms with Crippen LogP contribution >= 0.6 is 11.6 Å².